The summed E-state index contributed by atoms with van der Waals surface area (Å²) in [7, 11) is 0. The van der Waals surface area contributed by atoms with Gasteiger partial charge in [0.05, 0.1) is 21.4 Å². The first-order chi connectivity index (χ1) is 16.8. The number of hydrogen-bond acceptors (Lipinski definition) is 3. The number of nitrogens with one attached hydrogen (secondary N) is 2. The molecule has 0 radical (unpaired) electrons. The highest BCUT2D eigenvalue weighted by Crippen LogP contribution is 2.29. The number of aryl methyl sites for hydroxylation is 1. The van der Waals surface area contributed by atoms with Gasteiger partial charge in [-0.1, -0.05) is 70.0 Å². The van der Waals surface area contributed by atoms with Crippen LogP contribution in [0.3, 0.4) is 0 Å². The molecule has 192 valence electrons. The molecule has 0 atom stereocenters. The van der Waals surface area contributed by atoms with Crippen LogP contribution in [0.5, 0.6) is 0 Å². The molecule has 0 saturated carbocycles. The minimum atomic E-state index is -0.336. The van der Waals surface area contributed by atoms with E-state index in [0.717, 1.165) is 11.3 Å². The van der Waals surface area contributed by atoms with E-state index in [-0.39, 0.29) is 29.8 Å². The average molecular weight is 531 g/mol. The number of nitrogens with zero attached hydrogens (tertiary/aromatic N) is 3. The predicted octanol–water partition coefficient (Wildman–Crippen LogP) is 6.91. The fourth-order valence-electron chi connectivity index (χ4n) is 3.59. The van der Waals surface area contributed by atoms with Gasteiger partial charge in [-0.3, -0.25) is 4.79 Å². The first-order valence-electron chi connectivity index (χ1n) is 11.8. The quantitative estimate of drug-likeness (QED) is 0.348. The Morgan fingerprint density at radius 1 is 1.03 bits per heavy atom. The van der Waals surface area contributed by atoms with Crippen LogP contribution in [0.2, 0.25) is 10.0 Å². The summed E-state index contributed by atoms with van der Waals surface area (Å²) in [5, 5.41) is 11.3. The fourth-order valence-corrected chi connectivity index (χ4v) is 3.88. The van der Waals surface area contributed by atoms with E-state index in [2.05, 4.69) is 10.6 Å². The number of halogens is 2. The molecule has 2 N–H and O–H groups in total. The summed E-state index contributed by atoms with van der Waals surface area (Å²) in [6, 6.07) is 14.2. The van der Waals surface area contributed by atoms with Gasteiger partial charge in [-0.05, 0) is 48.7 Å². The number of anilines is 2. The molecule has 36 heavy (non-hydrogen) atoms. The summed E-state index contributed by atoms with van der Waals surface area (Å²) in [6.07, 6.45) is 0. The number of carbonyl (C=O) groups is 2. The van der Waals surface area contributed by atoms with E-state index in [1.807, 2.05) is 71.9 Å². The van der Waals surface area contributed by atoms with Crippen LogP contribution in [0, 0.1) is 12.8 Å². The van der Waals surface area contributed by atoms with Crippen LogP contribution in [0.15, 0.2) is 48.5 Å². The number of urea groups is 1. The monoisotopic (exact) mass is 529 g/mol. The third kappa shape index (κ3) is 7.24. The van der Waals surface area contributed by atoms with E-state index in [1.54, 1.807) is 22.9 Å². The fraction of sp³-hybridized carbons (Fsp3) is 0.370. The van der Waals surface area contributed by atoms with Crippen LogP contribution in [0.1, 0.15) is 45.9 Å². The average Bonchev–Trinajstić information content (AvgIpc) is 3.19. The van der Waals surface area contributed by atoms with Crippen molar-refractivity contribution in [2.24, 2.45) is 5.92 Å². The van der Waals surface area contributed by atoms with E-state index >= 15 is 0 Å². The molecule has 0 aliphatic heterocycles. The first kappa shape index (κ1) is 27.6. The molecule has 9 heteroatoms. The Morgan fingerprint density at radius 2 is 1.75 bits per heavy atom. The van der Waals surface area contributed by atoms with Crippen molar-refractivity contribution in [3.8, 4) is 5.69 Å². The molecule has 7 nitrogen and oxygen atoms in total. The minimum Gasteiger partial charge on any atom is -0.315 e. The Hall–Kier alpha value is -3.03. The van der Waals surface area contributed by atoms with Crippen LogP contribution < -0.4 is 10.6 Å². The molecule has 0 saturated heterocycles. The van der Waals surface area contributed by atoms with Crippen molar-refractivity contribution in [1.29, 1.82) is 0 Å². The maximum absolute atomic E-state index is 13.2. The van der Waals surface area contributed by atoms with Crippen molar-refractivity contribution >= 4 is 46.6 Å². The van der Waals surface area contributed by atoms with E-state index < -0.39 is 0 Å². The second-order valence-corrected chi connectivity index (χ2v) is 11.1. The van der Waals surface area contributed by atoms with E-state index in [4.69, 9.17) is 28.3 Å². The molecule has 0 unspecified atom stereocenters. The third-order valence-corrected chi connectivity index (χ3v) is 6.11. The summed E-state index contributed by atoms with van der Waals surface area (Å²) in [5.74, 6) is 0.318. The molecule has 0 spiro atoms. The van der Waals surface area contributed by atoms with Gasteiger partial charge < -0.3 is 15.5 Å². The van der Waals surface area contributed by atoms with Crippen molar-refractivity contribution in [1.82, 2.24) is 14.7 Å². The van der Waals surface area contributed by atoms with Crippen LogP contribution in [0.4, 0.5) is 16.3 Å². The summed E-state index contributed by atoms with van der Waals surface area (Å²) in [6.45, 7) is 12.4. The van der Waals surface area contributed by atoms with Gasteiger partial charge in [-0.25, -0.2) is 9.48 Å². The molecule has 0 aliphatic carbocycles. The van der Waals surface area contributed by atoms with Crippen LogP contribution in [-0.4, -0.2) is 39.7 Å². The van der Waals surface area contributed by atoms with Crippen molar-refractivity contribution in [3.63, 3.8) is 0 Å². The van der Waals surface area contributed by atoms with Gasteiger partial charge in [0, 0.05) is 23.7 Å². The van der Waals surface area contributed by atoms with Gasteiger partial charge in [0.15, 0.2) is 0 Å². The highest BCUT2D eigenvalue weighted by Gasteiger charge is 2.24. The van der Waals surface area contributed by atoms with Gasteiger partial charge in [0.25, 0.3) is 0 Å². The Bertz CT molecular complexity index is 1250. The van der Waals surface area contributed by atoms with Crippen molar-refractivity contribution < 1.29 is 9.59 Å². The highest BCUT2D eigenvalue weighted by molar-refractivity contribution is 6.42. The molecular formula is C27H33Cl2N5O2. The van der Waals surface area contributed by atoms with Crippen molar-refractivity contribution in [3.05, 3.63) is 69.8 Å². The van der Waals surface area contributed by atoms with Gasteiger partial charge in [-0.2, -0.15) is 5.10 Å². The zero-order valence-electron chi connectivity index (χ0n) is 21.5. The Kier molecular flexibility index (Phi) is 8.69. The molecular weight excluding hydrogens is 497 g/mol. The lowest BCUT2D eigenvalue weighted by atomic mass is 9.92. The van der Waals surface area contributed by atoms with Crippen LogP contribution in [0.25, 0.3) is 5.69 Å². The van der Waals surface area contributed by atoms with Crippen LogP contribution in [-0.2, 0) is 10.2 Å². The van der Waals surface area contributed by atoms with Gasteiger partial charge in [-0.15, -0.1) is 0 Å². The lowest BCUT2D eigenvalue weighted by Gasteiger charge is -2.24. The summed E-state index contributed by atoms with van der Waals surface area (Å²) in [5.41, 5.74) is 2.91. The molecule has 0 fully saturated rings. The molecule has 0 aliphatic rings. The molecule has 1 heterocycles. The van der Waals surface area contributed by atoms with Gasteiger partial charge >= 0.3 is 6.03 Å². The van der Waals surface area contributed by atoms with E-state index in [1.165, 1.54) is 4.90 Å². The first-order valence-corrected chi connectivity index (χ1v) is 12.6. The number of carbonyl (C=O) groups excluding carboxylic acids is 2. The molecule has 3 aromatic rings. The number of amides is 3. The van der Waals surface area contributed by atoms with E-state index in [9.17, 15) is 9.59 Å². The maximum Gasteiger partial charge on any atom is 0.322 e. The highest BCUT2D eigenvalue weighted by atomic mass is 35.5. The SMILES string of the molecule is Cc1cccc(NC(=O)N(CC(=O)Nc2cc(C(C)(C)C)nn2-c2ccc(Cl)c(Cl)c2)CC(C)C)c1. The smallest absolute Gasteiger partial charge is 0.315 e. The van der Waals surface area contributed by atoms with E-state index in [0.29, 0.717) is 33.8 Å². The minimum absolute atomic E-state index is 0.118. The topological polar surface area (TPSA) is 79.3 Å². The summed E-state index contributed by atoms with van der Waals surface area (Å²) >= 11 is 12.3. The Morgan fingerprint density at radius 3 is 2.36 bits per heavy atom. The predicted molar refractivity (Wildman–Crippen MR) is 148 cm³/mol. The lowest BCUT2D eigenvalue weighted by Crippen LogP contribution is -2.42. The second kappa shape index (κ2) is 11.4. The Balaban J connectivity index is 1.84. The zero-order chi connectivity index (χ0) is 26.6. The zero-order valence-corrected chi connectivity index (χ0v) is 23.0. The largest absolute Gasteiger partial charge is 0.322 e. The normalized spacial score (nSPS) is 11.5. The number of benzene rings is 2. The molecule has 3 amide bonds. The standard InChI is InChI=1S/C27H33Cl2N5O2/c1-17(2)15-33(26(36)30-19-9-7-8-18(3)12-19)16-25(35)31-24-14-23(27(4,5)6)32-34(24)20-10-11-21(28)22(29)13-20/h7-14,17H,15-16H2,1-6H3,(H,30,36)(H,31,35). The Labute approximate surface area is 222 Å². The molecule has 3 rings (SSSR count). The maximum atomic E-state index is 13.2. The van der Waals surface area contributed by atoms with Crippen molar-refractivity contribution in [2.45, 2.75) is 47.0 Å². The molecule has 1 aromatic heterocycles. The summed E-state index contributed by atoms with van der Waals surface area (Å²) in [4.78, 5) is 27.7. The third-order valence-electron chi connectivity index (χ3n) is 5.37. The van der Waals surface area contributed by atoms with Crippen molar-refractivity contribution in [2.75, 3.05) is 23.7 Å². The second-order valence-electron chi connectivity index (χ2n) is 10.3. The molecule has 2 aromatic carbocycles. The molecule has 0 bridgehead atoms. The number of aromatic nitrogens is 2. The van der Waals surface area contributed by atoms with Crippen LogP contribution >= 0.6 is 23.2 Å². The summed E-state index contributed by atoms with van der Waals surface area (Å²) < 4.78 is 1.63. The number of hydrogen-bond donors (Lipinski definition) is 2. The number of rotatable bonds is 7. The lowest BCUT2D eigenvalue weighted by molar-refractivity contribution is -0.116. The van der Waals surface area contributed by atoms with Gasteiger partial charge in [0.1, 0.15) is 12.4 Å². The van der Waals surface area contributed by atoms with Gasteiger partial charge in [0.2, 0.25) is 5.91 Å².